The maximum absolute atomic E-state index is 11.2. The maximum Gasteiger partial charge on any atom is 0.419 e. The first-order valence-electron chi connectivity index (χ1n) is 9.81. The number of aromatic nitrogens is 2. The van der Waals surface area contributed by atoms with E-state index >= 15 is 0 Å². The lowest BCUT2D eigenvalue weighted by molar-refractivity contribution is -0.0341. The van der Waals surface area contributed by atoms with E-state index in [1.807, 2.05) is 48.5 Å². The standard InChI is InChI=1S/C22H24N4O5/c1-29-16-7-3-14(4-8-16)19-20(15-5-9-17(30-2)10-6-15)24-21(23-19)18-13-31-12-11-26(18)25-22(27)28/h3-10,18,25H,11-13H2,1-2H3,(H,23,24)(H,27,28). The molecule has 0 aliphatic carbocycles. The van der Waals surface area contributed by atoms with Gasteiger partial charge in [0.25, 0.3) is 0 Å². The highest BCUT2D eigenvalue weighted by Crippen LogP contribution is 2.34. The number of imidazole rings is 1. The molecular weight excluding hydrogens is 400 g/mol. The molecule has 3 N–H and O–H groups in total. The van der Waals surface area contributed by atoms with Gasteiger partial charge in [0, 0.05) is 17.7 Å². The number of hydrogen-bond donors (Lipinski definition) is 3. The number of hydrazine groups is 1. The Bertz CT molecular complexity index is 968. The third-order valence-electron chi connectivity index (χ3n) is 5.15. The van der Waals surface area contributed by atoms with E-state index in [0.29, 0.717) is 25.6 Å². The van der Waals surface area contributed by atoms with Crippen LogP contribution >= 0.6 is 0 Å². The summed E-state index contributed by atoms with van der Waals surface area (Å²) in [6.07, 6.45) is -1.12. The van der Waals surface area contributed by atoms with Crippen molar-refractivity contribution in [1.29, 1.82) is 0 Å². The lowest BCUT2D eigenvalue weighted by Gasteiger charge is -2.33. The van der Waals surface area contributed by atoms with E-state index in [1.54, 1.807) is 19.2 Å². The van der Waals surface area contributed by atoms with E-state index in [9.17, 15) is 9.90 Å². The van der Waals surface area contributed by atoms with Gasteiger partial charge in [-0.3, -0.25) is 5.43 Å². The predicted octanol–water partition coefficient (Wildman–Crippen LogP) is 3.32. The fraction of sp³-hybridized carbons (Fsp3) is 0.273. The van der Waals surface area contributed by atoms with Gasteiger partial charge in [0.15, 0.2) is 0 Å². The highest BCUT2D eigenvalue weighted by molar-refractivity contribution is 5.79. The molecule has 1 aliphatic rings. The number of carbonyl (C=O) groups is 1. The lowest BCUT2D eigenvalue weighted by atomic mass is 10.0. The number of methoxy groups -OCH3 is 2. The van der Waals surface area contributed by atoms with Crippen molar-refractivity contribution in [2.75, 3.05) is 34.0 Å². The van der Waals surface area contributed by atoms with E-state index in [-0.39, 0.29) is 6.04 Å². The smallest absolute Gasteiger partial charge is 0.419 e. The van der Waals surface area contributed by atoms with Crippen LogP contribution in [0.25, 0.3) is 22.5 Å². The summed E-state index contributed by atoms with van der Waals surface area (Å²) in [6, 6.07) is 14.9. The number of ether oxygens (including phenoxy) is 3. The first kappa shape index (κ1) is 20.7. The second-order valence-electron chi connectivity index (χ2n) is 7.00. The van der Waals surface area contributed by atoms with Crippen LogP contribution in [0.15, 0.2) is 48.5 Å². The Hall–Kier alpha value is -3.56. The summed E-state index contributed by atoms with van der Waals surface area (Å²) in [4.78, 5) is 19.5. The molecule has 1 unspecified atom stereocenters. The van der Waals surface area contributed by atoms with Crippen molar-refractivity contribution < 1.29 is 24.1 Å². The molecular formula is C22H24N4O5. The number of H-pyrrole nitrogens is 1. The van der Waals surface area contributed by atoms with E-state index < -0.39 is 6.09 Å². The van der Waals surface area contributed by atoms with Crippen molar-refractivity contribution in [3.05, 3.63) is 54.4 Å². The molecule has 3 aromatic rings. The van der Waals surface area contributed by atoms with Crippen LogP contribution in [-0.4, -0.2) is 60.2 Å². The van der Waals surface area contributed by atoms with Crippen LogP contribution in [0.2, 0.25) is 0 Å². The summed E-state index contributed by atoms with van der Waals surface area (Å²) in [5, 5.41) is 10.8. The molecule has 0 saturated carbocycles. The summed E-state index contributed by atoms with van der Waals surface area (Å²) < 4.78 is 16.1. The Morgan fingerprint density at radius 3 is 2.29 bits per heavy atom. The van der Waals surface area contributed by atoms with Crippen LogP contribution in [0.5, 0.6) is 11.5 Å². The molecule has 2 heterocycles. The van der Waals surface area contributed by atoms with Crippen molar-refractivity contribution in [2.45, 2.75) is 6.04 Å². The van der Waals surface area contributed by atoms with Crippen LogP contribution < -0.4 is 14.9 Å². The first-order valence-corrected chi connectivity index (χ1v) is 9.81. The van der Waals surface area contributed by atoms with Gasteiger partial charge in [-0.05, 0) is 48.5 Å². The molecule has 4 rings (SSSR count). The summed E-state index contributed by atoms with van der Waals surface area (Å²) in [6.45, 7) is 1.18. The predicted molar refractivity (Wildman–Crippen MR) is 114 cm³/mol. The van der Waals surface area contributed by atoms with Crippen LogP contribution in [0.3, 0.4) is 0 Å². The summed E-state index contributed by atoms with van der Waals surface area (Å²) in [5.41, 5.74) is 5.86. The molecule has 162 valence electrons. The van der Waals surface area contributed by atoms with Gasteiger partial charge in [0.05, 0.1) is 38.8 Å². The maximum atomic E-state index is 11.2. The van der Waals surface area contributed by atoms with Gasteiger partial charge >= 0.3 is 6.09 Å². The van der Waals surface area contributed by atoms with Gasteiger partial charge in [-0.15, -0.1) is 0 Å². The molecule has 1 atom stereocenters. The minimum atomic E-state index is -1.12. The number of benzene rings is 2. The van der Waals surface area contributed by atoms with Crippen molar-refractivity contribution in [3.8, 4) is 34.0 Å². The van der Waals surface area contributed by atoms with Gasteiger partial charge in [-0.1, -0.05) is 0 Å². The van der Waals surface area contributed by atoms with Gasteiger partial charge in [0.2, 0.25) is 0 Å². The molecule has 1 fully saturated rings. The average molecular weight is 424 g/mol. The van der Waals surface area contributed by atoms with Crippen molar-refractivity contribution >= 4 is 6.09 Å². The normalized spacial score (nSPS) is 16.6. The van der Waals surface area contributed by atoms with E-state index in [1.165, 1.54) is 0 Å². The Kier molecular flexibility index (Phi) is 6.06. The largest absolute Gasteiger partial charge is 0.497 e. The second kappa shape index (κ2) is 9.07. The summed E-state index contributed by atoms with van der Waals surface area (Å²) in [5.74, 6) is 2.13. The number of rotatable bonds is 6. The molecule has 2 aromatic carbocycles. The highest BCUT2D eigenvalue weighted by Gasteiger charge is 2.30. The topological polar surface area (TPSA) is 109 Å². The van der Waals surface area contributed by atoms with Crippen LogP contribution in [0, 0.1) is 0 Å². The number of hydrogen-bond acceptors (Lipinski definition) is 6. The Morgan fingerprint density at radius 2 is 1.71 bits per heavy atom. The van der Waals surface area contributed by atoms with Gasteiger partial charge in [-0.2, -0.15) is 0 Å². The minimum Gasteiger partial charge on any atom is -0.497 e. The number of carboxylic acid groups (broad SMARTS) is 1. The zero-order chi connectivity index (χ0) is 21.8. The molecule has 31 heavy (non-hydrogen) atoms. The molecule has 9 heteroatoms. The molecule has 9 nitrogen and oxygen atoms in total. The zero-order valence-electron chi connectivity index (χ0n) is 17.3. The monoisotopic (exact) mass is 424 g/mol. The quantitative estimate of drug-likeness (QED) is 0.557. The van der Waals surface area contributed by atoms with Crippen molar-refractivity contribution in [2.24, 2.45) is 0 Å². The Balaban J connectivity index is 1.77. The van der Waals surface area contributed by atoms with Gasteiger partial charge in [-0.25, -0.2) is 14.8 Å². The summed E-state index contributed by atoms with van der Waals surface area (Å²) in [7, 11) is 3.25. The van der Waals surface area contributed by atoms with E-state index in [4.69, 9.17) is 19.2 Å². The minimum absolute atomic E-state index is 0.317. The number of nitrogens with one attached hydrogen (secondary N) is 2. The molecule has 1 aliphatic heterocycles. The molecule has 0 bridgehead atoms. The van der Waals surface area contributed by atoms with Crippen molar-refractivity contribution in [3.63, 3.8) is 0 Å². The number of aromatic amines is 1. The van der Waals surface area contributed by atoms with Crippen LogP contribution in [0.4, 0.5) is 4.79 Å². The van der Waals surface area contributed by atoms with E-state index in [2.05, 4.69) is 10.4 Å². The molecule has 1 amide bonds. The third kappa shape index (κ3) is 4.47. The van der Waals surface area contributed by atoms with Gasteiger partial charge in [0.1, 0.15) is 23.4 Å². The summed E-state index contributed by atoms with van der Waals surface area (Å²) >= 11 is 0. The van der Waals surface area contributed by atoms with Crippen LogP contribution in [0.1, 0.15) is 11.9 Å². The first-order chi connectivity index (χ1) is 15.1. The van der Waals surface area contributed by atoms with E-state index in [0.717, 1.165) is 34.0 Å². The molecule has 0 radical (unpaired) electrons. The van der Waals surface area contributed by atoms with Gasteiger partial charge < -0.3 is 24.3 Å². The number of morpholine rings is 1. The SMILES string of the molecule is COc1ccc(-c2nc(C3COCCN3NC(=O)O)[nH]c2-c2ccc(OC)cc2)cc1. The average Bonchev–Trinajstić information content (AvgIpc) is 3.24. The Morgan fingerprint density at radius 1 is 1.10 bits per heavy atom. The molecule has 1 saturated heterocycles. The zero-order valence-corrected chi connectivity index (χ0v) is 17.3. The lowest BCUT2D eigenvalue weighted by Crippen LogP contribution is -2.50. The third-order valence-corrected chi connectivity index (χ3v) is 5.15. The van der Waals surface area contributed by atoms with Crippen molar-refractivity contribution in [1.82, 2.24) is 20.4 Å². The fourth-order valence-corrected chi connectivity index (χ4v) is 3.56. The highest BCUT2D eigenvalue weighted by atomic mass is 16.5. The molecule has 1 aromatic heterocycles. The van der Waals surface area contributed by atoms with Crippen LogP contribution in [-0.2, 0) is 4.74 Å². The number of amides is 1. The fourth-order valence-electron chi connectivity index (χ4n) is 3.56. The molecule has 0 spiro atoms. The Labute approximate surface area is 179 Å². The second-order valence-corrected chi connectivity index (χ2v) is 7.00. The number of nitrogens with zero attached hydrogens (tertiary/aromatic N) is 2.